The standard InChI is InChI=1S/C39H66O5/c1-3-5-7-9-11-13-15-16-17-18-19-20-21-22-24-26-28-30-32-34-39(42)44-37(35-40)36-43-38(41)33-31-29-27-25-23-14-12-10-8-6-4-2/h5,7,11,13,16-17,19-20,22,24,37,40H,3-4,6,8-10,12,14-15,18,21,23,25-36H2,1-2H3/b7-5+,13-11+,17-16+,20-19+,24-22+/t37-/m0/s1. The van der Waals surface area contributed by atoms with E-state index in [0.717, 1.165) is 77.0 Å². The van der Waals surface area contributed by atoms with Crippen molar-refractivity contribution < 1.29 is 24.2 Å². The number of carbonyl (C=O) groups excluding carboxylic acids is 2. The molecule has 0 aliphatic rings. The monoisotopic (exact) mass is 614 g/mol. The van der Waals surface area contributed by atoms with E-state index in [9.17, 15) is 14.7 Å². The van der Waals surface area contributed by atoms with Crippen molar-refractivity contribution in [3.8, 4) is 0 Å². The zero-order chi connectivity index (χ0) is 32.2. The van der Waals surface area contributed by atoms with Crippen LogP contribution >= 0.6 is 0 Å². The molecule has 0 amide bonds. The molecule has 1 N–H and O–H groups in total. The second kappa shape index (κ2) is 35.1. The van der Waals surface area contributed by atoms with Gasteiger partial charge in [-0.25, -0.2) is 0 Å². The number of allylic oxidation sites excluding steroid dienone is 10. The zero-order valence-corrected chi connectivity index (χ0v) is 28.4. The molecule has 5 nitrogen and oxygen atoms in total. The van der Waals surface area contributed by atoms with Crippen molar-refractivity contribution >= 4 is 11.9 Å². The Bertz CT molecular complexity index is 792. The molecular formula is C39H66O5. The Labute approximate surface area is 271 Å². The van der Waals surface area contributed by atoms with E-state index in [1.54, 1.807) is 0 Å². The van der Waals surface area contributed by atoms with Crippen LogP contribution in [0.4, 0.5) is 0 Å². The second-order valence-corrected chi connectivity index (χ2v) is 11.6. The summed E-state index contributed by atoms with van der Waals surface area (Å²) >= 11 is 0. The molecule has 0 aromatic heterocycles. The van der Waals surface area contributed by atoms with Gasteiger partial charge in [-0.15, -0.1) is 0 Å². The summed E-state index contributed by atoms with van der Waals surface area (Å²) in [6.45, 7) is 3.97. The SMILES string of the molecule is CC/C=C/C/C=C/C/C=C/C/C=C/C/C=C/CCCCCC(=O)O[C@@H](CO)COC(=O)CCCCCCCCCCCCC. The van der Waals surface area contributed by atoms with Crippen LogP contribution in [-0.4, -0.2) is 36.4 Å². The van der Waals surface area contributed by atoms with Gasteiger partial charge in [0.25, 0.3) is 0 Å². The zero-order valence-electron chi connectivity index (χ0n) is 28.4. The predicted octanol–water partition coefficient (Wildman–Crippen LogP) is 10.8. The van der Waals surface area contributed by atoms with E-state index in [1.807, 2.05) is 0 Å². The van der Waals surface area contributed by atoms with E-state index in [1.165, 1.54) is 51.4 Å². The van der Waals surface area contributed by atoms with Gasteiger partial charge in [0.05, 0.1) is 6.61 Å². The van der Waals surface area contributed by atoms with Gasteiger partial charge in [-0.05, 0) is 57.8 Å². The molecule has 0 aromatic carbocycles. The van der Waals surface area contributed by atoms with Gasteiger partial charge in [0.15, 0.2) is 6.10 Å². The van der Waals surface area contributed by atoms with Gasteiger partial charge in [0, 0.05) is 12.8 Å². The number of unbranched alkanes of at least 4 members (excludes halogenated alkanes) is 13. The number of aliphatic hydroxyl groups excluding tert-OH is 1. The fraction of sp³-hybridized carbons (Fsp3) is 0.692. The minimum atomic E-state index is -0.787. The van der Waals surface area contributed by atoms with E-state index in [2.05, 4.69) is 74.6 Å². The fourth-order valence-electron chi connectivity index (χ4n) is 4.64. The van der Waals surface area contributed by atoms with Crippen LogP contribution in [0.15, 0.2) is 60.8 Å². The second-order valence-electron chi connectivity index (χ2n) is 11.6. The van der Waals surface area contributed by atoms with E-state index in [-0.39, 0.29) is 25.2 Å². The molecule has 0 aliphatic carbocycles. The highest BCUT2D eigenvalue weighted by atomic mass is 16.6. The molecule has 0 rings (SSSR count). The van der Waals surface area contributed by atoms with Gasteiger partial charge in [-0.2, -0.15) is 0 Å². The van der Waals surface area contributed by atoms with Gasteiger partial charge in [0.2, 0.25) is 0 Å². The van der Waals surface area contributed by atoms with Crippen LogP contribution in [0.5, 0.6) is 0 Å². The quantitative estimate of drug-likeness (QED) is 0.0478. The summed E-state index contributed by atoms with van der Waals surface area (Å²) in [7, 11) is 0. The number of rotatable bonds is 31. The van der Waals surface area contributed by atoms with Gasteiger partial charge in [-0.3, -0.25) is 9.59 Å². The molecule has 0 aromatic rings. The molecule has 0 saturated heterocycles. The Morgan fingerprint density at radius 1 is 0.545 bits per heavy atom. The van der Waals surface area contributed by atoms with Crippen molar-refractivity contribution in [1.29, 1.82) is 0 Å². The molecule has 0 bridgehead atoms. The minimum absolute atomic E-state index is 0.0802. The molecular weight excluding hydrogens is 548 g/mol. The maximum absolute atomic E-state index is 12.1. The number of ether oxygens (including phenoxy) is 2. The fourth-order valence-corrected chi connectivity index (χ4v) is 4.64. The summed E-state index contributed by atoms with van der Waals surface area (Å²) in [5.41, 5.74) is 0. The van der Waals surface area contributed by atoms with Crippen molar-refractivity contribution in [1.82, 2.24) is 0 Å². The van der Waals surface area contributed by atoms with Gasteiger partial charge < -0.3 is 14.6 Å². The first kappa shape index (κ1) is 41.6. The molecule has 0 aliphatic heterocycles. The van der Waals surface area contributed by atoms with Crippen molar-refractivity contribution in [2.75, 3.05) is 13.2 Å². The smallest absolute Gasteiger partial charge is 0.306 e. The molecule has 1 atom stereocenters. The summed E-state index contributed by atoms with van der Waals surface area (Å²) in [6.07, 6.45) is 44.2. The number of aliphatic hydroxyl groups is 1. The summed E-state index contributed by atoms with van der Waals surface area (Å²) < 4.78 is 10.5. The average Bonchev–Trinajstić information content (AvgIpc) is 3.02. The van der Waals surface area contributed by atoms with Crippen LogP contribution in [0, 0.1) is 0 Å². The molecule has 5 heteroatoms. The highest BCUT2D eigenvalue weighted by molar-refractivity contribution is 5.70. The molecule has 0 heterocycles. The highest BCUT2D eigenvalue weighted by Gasteiger charge is 2.16. The van der Waals surface area contributed by atoms with Crippen molar-refractivity contribution in [3.05, 3.63) is 60.8 Å². The third kappa shape index (κ3) is 32.5. The first-order valence-electron chi connectivity index (χ1n) is 17.8. The summed E-state index contributed by atoms with van der Waals surface area (Å²) in [4.78, 5) is 24.1. The molecule has 0 fully saturated rings. The van der Waals surface area contributed by atoms with E-state index in [4.69, 9.17) is 9.47 Å². The average molecular weight is 615 g/mol. The molecule has 0 spiro atoms. The lowest BCUT2D eigenvalue weighted by Gasteiger charge is -2.15. The number of esters is 2. The Morgan fingerprint density at radius 2 is 0.977 bits per heavy atom. The van der Waals surface area contributed by atoms with Crippen molar-refractivity contribution in [3.63, 3.8) is 0 Å². The lowest BCUT2D eigenvalue weighted by molar-refractivity contribution is -0.161. The third-order valence-corrected chi connectivity index (χ3v) is 7.33. The Hall–Kier alpha value is -2.40. The Morgan fingerprint density at radius 3 is 1.48 bits per heavy atom. The molecule has 44 heavy (non-hydrogen) atoms. The van der Waals surface area contributed by atoms with Crippen molar-refractivity contribution in [2.24, 2.45) is 0 Å². The normalized spacial score (nSPS) is 12.9. The highest BCUT2D eigenvalue weighted by Crippen LogP contribution is 2.12. The van der Waals surface area contributed by atoms with E-state index < -0.39 is 6.10 Å². The first-order valence-corrected chi connectivity index (χ1v) is 17.8. The molecule has 252 valence electrons. The maximum Gasteiger partial charge on any atom is 0.306 e. The van der Waals surface area contributed by atoms with Crippen LogP contribution in [-0.2, 0) is 19.1 Å². The molecule has 0 saturated carbocycles. The lowest BCUT2D eigenvalue weighted by atomic mass is 10.1. The van der Waals surface area contributed by atoms with Crippen LogP contribution < -0.4 is 0 Å². The summed E-state index contributed by atoms with van der Waals surface area (Å²) in [5.74, 6) is -0.634. The third-order valence-electron chi connectivity index (χ3n) is 7.33. The van der Waals surface area contributed by atoms with Gasteiger partial charge >= 0.3 is 11.9 Å². The largest absolute Gasteiger partial charge is 0.462 e. The Balaban J connectivity index is 3.68. The van der Waals surface area contributed by atoms with Crippen LogP contribution in [0.3, 0.4) is 0 Å². The van der Waals surface area contributed by atoms with Gasteiger partial charge in [0.1, 0.15) is 6.61 Å². The van der Waals surface area contributed by atoms with Crippen LogP contribution in [0.1, 0.15) is 155 Å². The predicted molar refractivity (Wildman–Crippen MR) is 187 cm³/mol. The van der Waals surface area contributed by atoms with E-state index >= 15 is 0 Å². The number of hydrogen-bond acceptors (Lipinski definition) is 5. The number of hydrogen-bond donors (Lipinski definition) is 1. The van der Waals surface area contributed by atoms with Crippen LogP contribution in [0.2, 0.25) is 0 Å². The number of carbonyl (C=O) groups is 2. The minimum Gasteiger partial charge on any atom is -0.462 e. The van der Waals surface area contributed by atoms with Crippen molar-refractivity contribution in [2.45, 2.75) is 161 Å². The first-order chi connectivity index (χ1) is 21.6. The van der Waals surface area contributed by atoms with Gasteiger partial charge in [-0.1, -0.05) is 145 Å². The van der Waals surface area contributed by atoms with Crippen LogP contribution in [0.25, 0.3) is 0 Å². The van der Waals surface area contributed by atoms with E-state index in [0.29, 0.717) is 12.8 Å². The lowest BCUT2D eigenvalue weighted by Crippen LogP contribution is -2.28. The molecule has 0 radical (unpaired) electrons. The maximum atomic E-state index is 12.1. The topological polar surface area (TPSA) is 72.8 Å². The Kier molecular flexibility index (Phi) is 33.2. The summed E-state index contributed by atoms with van der Waals surface area (Å²) in [6, 6.07) is 0. The molecule has 0 unspecified atom stereocenters. The summed E-state index contributed by atoms with van der Waals surface area (Å²) in [5, 5.41) is 9.51.